The van der Waals surface area contributed by atoms with Crippen molar-refractivity contribution >= 4 is 15.9 Å². The standard InChI is InChI=1S/C13H10BrFN2O/c14-11-7-12(17-13(16-11)8-4-5-8)18-10-3-1-2-9(15)6-10/h1-3,6-8H,4-5H2. The third kappa shape index (κ3) is 2.67. The number of rotatable bonds is 3. The van der Waals surface area contributed by atoms with Gasteiger partial charge >= 0.3 is 0 Å². The lowest BCUT2D eigenvalue weighted by molar-refractivity contribution is 0.453. The van der Waals surface area contributed by atoms with Crippen molar-refractivity contribution in [2.45, 2.75) is 18.8 Å². The normalized spacial score (nSPS) is 14.6. The summed E-state index contributed by atoms with van der Waals surface area (Å²) >= 11 is 3.33. The van der Waals surface area contributed by atoms with Crippen LogP contribution >= 0.6 is 15.9 Å². The fourth-order valence-corrected chi connectivity index (χ4v) is 2.02. The Hall–Kier alpha value is -1.49. The molecule has 5 heteroatoms. The quantitative estimate of drug-likeness (QED) is 0.802. The number of nitrogens with zero attached hydrogens (tertiary/aromatic N) is 2. The van der Waals surface area contributed by atoms with Crippen LogP contribution in [0.25, 0.3) is 0 Å². The first-order chi connectivity index (χ1) is 8.70. The van der Waals surface area contributed by atoms with Crippen LogP contribution in [0.2, 0.25) is 0 Å². The summed E-state index contributed by atoms with van der Waals surface area (Å²) in [6, 6.07) is 7.67. The van der Waals surface area contributed by atoms with E-state index in [9.17, 15) is 4.39 Å². The molecule has 1 aliphatic carbocycles. The fourth-order valence-electron chi connectivity index (χ4n) is 1.64. The van der Waals surface area contributed by atoms with Crippen LogP contribution in [0.1, 0.15) is 24.6 Å². The van der Waals surface area contributed by atoms with Gasteiger partial charge in [0.25, 0.3) is 0 Å². The maximum Gasteiger partial charge on any atom is 0.223 e. The molecular formula is C13H10BrFN2O. The summed E-state index contributed by atoms with van der Waals surface area (Å²) in [5.41, 5.74) is 0. The van der Waals surface area contributed by atoms with Gasteiger partial charge in [-0.05, 0) is 40.9 Å². The van der Waals surface area contributed by atoms with E-state index in [-0.39, 0.29) is 5.82 Å². The lowest BCUT2D eigenvalue weighted by atomic mass is 10.3. The summed E-state index contributed by atoms with van der Waals surface area (Å²) in [5.74, 6) is 1.77. The second kappa shape index (κ2) is 4.65. The minimum Gasteiger partial charge on any atom is -0.439 e. The molecule has 1 saturated carbocycles. The SMILES string of the molecule is Fc1cccc(Oc2cc(Br)nc(C3CC3)n2)c1. The summed E-state index contributed by atoms with van der Waals surface area (Å²) in [6.45, 7) is 0. The van der Waals surface area contributed by atoms with Crippen molar-refractivity contribution in [3.8, 4) is 11.6 Å². The Morgan fingerprint density at radius 2 is 2.06 bits per heavy atom. The van der Waals surface area contributed by atoms with Crippen LogP contribution in [-0.2, 0) is 0 Å². The Labute approximate surface area is 112 Å². The molecule has 0 aliphatic heterocycles. The van der Waals surface area contributed by atoms with Crippen molar-refractivity contribution < 1.29 is 9.13 Å². The number of ether oxygens (including phenoxy) is 1. The van der Waals surface area contributed by atoms with Crippen LogP contribution in [0.5, 0.6) is 11.6 Å². The van der Waals surface area contributed by atoms with Crippen LogP contribution < -0.4 is 4.74 Å². The molecule has 0 amide bonds. The maximum atomic E-state index is 13.0. The molecule has 1 aromatic carbocycles. The third-order valence-corrected chi connectivity index (χ3v) is 3.06. The largest absolute Gasteiger partial charge is 0.439 e. The summed E-state index contributed by atoms with van der Waals surface area (Å²) in [7, 11) is 0. The van der Waals surface area contributed by atoms with E-state index in [1.165, 1.54) is 12.1 Å². The highest BCUT2D eigenvalue weighted by Gasteiger charge is 2.27. The first-order valence-corrected chi connectivity index (χ1v) is 6.48. The third-order valence-electron chi connectivity index (χ3n) is 2.65. The van der Waals surface area contributed by atoms with Gasteiger partial charge in [0.1, 0.15) is 22.0 Å². The zero-order valence-corrected chi connectivity index (χ0v) is 11.0. The van der Waals surface area contributed by atoms with E-state index in [4.69, 9.17) is 4.74 Å². The zero-order chi connectivity index (χ0) is 12.5. The van der Waals surface area contributed by atoms with Gasteiger partial charge in [-0.25, -0.2) is 9.37 Å². The average molecular weight is 309 g/mol. The highest BCUT2D eigenvalue weighted by Crippen LogP contribution is 2.39. The number of halogens is 2. The van der Waals surface area contributed by atoms with Gasteiger partial charge in [-0.15, -0.1) is 0 Å². The highest BCUT2D eigenvalue weighted by atomic mass is 79.9. The summed E-state index contributed by atoms with van der Waals surface area (Å²) < 4.78 is 19.3. The van der Waals surface area contributed by atoms with Gasteiger partial charge < -0.3 is 4.74 Å². The maximum absolute atomic E-state index is 13.0. The molecule has 3 nitrogen and oxygen atoms in total. The van der Waals surface area contributed by atoms with E-state index in [0.29, 0.717) is 22.2 Å². The molecule has 92 valence electrons. The van der Waals surface area contributed by atoms with E-state index in [0.717, 1.165) is 18.7 Å². The van der Waals surface area contributed by atoms with Crippen LogP contribution in [0.15, 0.2) is 34.9 Å². The van der Waals surface area contributed by atoms with Gasteiger partial charge in [0.05, 0.1) is 0 Å². The van der Waals surface area contributed by atoms with Crippen molar-refractivity contribution in [1.82, 2.24) is 9.97 Å². The number of benzene rings is 1. The Kier molecular flexibility index (Phi) is 2.99. The van der Waals surface area contributed by atoms with Gasteiger partial charge in [-0.2, -0.15) is 4.98 Å². The Balaban J connectivity index is 1.87. The zero-order valence-electron chi connectivity index (χ0n) is 9.44. The predicted octanol–water partition coefficient (Wildman–Crippen LogP) is 4.05. The van der Waals surface area contributed by atoms with E-state index < -0.39 is 0 Å². The fraction of sp³-hybridized carbons (Fsp3) is 0.231. The molecular weight excluding hydrogens is 299 g/mol. The first kappa shape index (κ1) is 11.6. The van der Waals surface area contributed by atoms with Gasteiger partial charge in [-0.1, -0.05) is 6.07 Å². The second-order valence-corrected chi connectivity index (χ2v) is 5.03. The van der Waals surface area contributed by atoms with Crippen LogP contribution in [0.4, 0.5) is 4.39 Å². The molecule has 1 aromatic heterocycles. The van der Waals surface area contributed by atoms with Gasteiger partial charge in [0, 0.05) is 18.1 Å². The summed E-state index contributed by atoms with van der Waals surface area (Å²) in [6.07, 6.45) is 2.24. The minimum atomic E-state index is -0.331. The average Bonchev–Trinajstić information content (AvgIpc) is 3.11. The summed E-state index contributed by atoms with van der Waals surface area (Å²) in [4.78, 5) is 8.64. The van der Waals surface area contributed by atoms with Crippen molar-refractivity contribution in [3.05, 3.63) is 46.6 Å². The number of hydrogen-bond donors (Lipinski definition) is 0. The monoisotopic (exact) mass is 308 g/mol. The molecule has 0 bridgehead atoms. The Bertz CT molecular complexity index is 587. The van der Waals surface area contributed by atoms with E-state index in [1.807, 2.05) is 0 Å². The second-order valence-electron chi connectivity index (χ2n) is 4.22. The predicted molar refractivity (Wildman–Crippen MR) is 68.2 cm³/mol. The van der Waals surface area contributed by atoms with Crippen molar-refractivity contribution in [2.75, 3.05) is 0 Å². The molecule has 0 unspecified atom stereocenters. The van der Waals surface area contributed by atoms with Crippen molar-refractivity contribution in [1.29, 1.82) is 0 Å². The molecule has 0 spiro atoms. The van der Waals surface area contributed by atoms with Crippen LogP contribution in [0.3, 0.4) is 0 Å². The van der Waals surface area contributed by atoms with Gasteiger partial charge in [-0.3, -0.25) is 0 Å². The lowest BCUT2D eigenvalue weighted by Gasteiger charge is -2.06. The first-order valence-electron chi connectivity index (χ1n) is 5.68. The molecule has 0 N–H and O–H groups in total. The van der Waals surface area contributed by atoms with Gasteiger partial charge in [0.15, 0.2) is 0 Å². The van der Waals surface area contributed by atoms with E-state index >= 15 is 0 Å². The van der Waals surface area contributed by atoms with Gasteiger partial charge in [0.2, 0.25) is 5.88 Å². The molecule has 1 heterocycles. The minimum absolute atomic E-state index is 0.331. The highest BCUT2D eigenvalue weighted by molar-refractivity contribution is 9.10. The topological polar surface area (TPSA) is 35.0 Å². The van der Waals surface area contributed by atoms with Crippen LogP contribution in [-0.4, -0.2) is 9.97 Å². The number of hydrogen-bond acceptors (Lipinski definition) is 3. The molecule has 0 atom stereocenters. The molecule has 3 rings (SSSR count). The molecule has 1 aliphatic rings. The Morgan fingerprint density at radius 1 is 1.22 bits per heavy atom. The molecule has 1 fully saturated rings. The molecule has 0 saturated heterocycles. The molecule has 18 heavy (non-hydrogen) atoms. The van der Waals surface area contributed by atoms with Crippen molar-refractivity contribution in [3.63, 3.8) is 0 Å². The summed E-state index contributed by atoms with van der Waals surface area (Å²) in [5, 5.41) is 0. The Morgan fingerprint density at radius 3 is 2.78 bits per heavy atom. The lowest BCUT2D eigenvalue weighted by Crippen LogP contribution is -1.96. The van der Waals surface area contributed by atoms with E-state index in [2.05, 4.69) is 25.9 Å². The van der Waals surface area contributed by atoms with E-state index in [1.54, 1.807) is 18.2 Å². The molecule has 0 radical (unpaired) electrons. The number of aromatic nitrogens is 2. The molecule has 2 aromatic rings. The van der Waals surface area contributed by atoms with Crippen LogP contribution in [0, 0.1) is 5.82 Å². The van der Waals surface area contributed by atoms with Crippen molar-refractivity contribution in [2.24, 2.45) is 0 Å². The smallest absolute Gasteiger partial charge is 0.223 e.